The molecule has 0 aliphatic carbocycles. The number of aromatic nitrogens is 1. The number of benzene rings is 1. The summed E-state index contributed by atoms with van der Waals surface area (Å²) in [6, 6.07) is 2.83. The van der Waals surface area contributed by atoms with Crippen molar-refractivity contribution in [3.8, 4) is 5.75 Å². The maximum atomic E-state index is 13.8. The summed E-state index contributed by atoms with van der Waals surface area (Å²) >= 11 is 0. The molecule has 1 heterocycles. The van der Waals surface area contributed by atoms with Crippen molar-refractivity contribution in [2.75, 3.05) is 25.6 Å². The molecule has 112 valence electrons. The van der Waals surface area contributed by atoms with Crippen molar-refractivity contribution >= 4 is 22.6 Å². The Bertz CT molecular complexity index is 674. The van der Waals surface area contributed by atoms with E-state index in [-0.39, 0.29) is 12.4 Å². The predicted octanol–water partition coefficient (Wildman–Crippen LogP) is 2.99. The van der Waals surface area contributed by atoms with Gasteiger partial charge in [-0.15, -0.1) is 0 Å². The number of hydrogen-bond acceptors (Lipinski definition) is 5. The maximum absolute atomic E-state index is 13.8. The number of carbonyl (C=O) groups is 1. The first-order chi connectivity index (χ1) is 10.1. The Labute approximate surface area is 122 Å². The lowest BCUT2D eigenvalue weighted by molar-refractivity contribution is 0.0527. The number of ether oxygens (including phenoxy) is 2. The van der Waals surface area contributed by atoms with Crippen LogP contribution in [-0.4, -0.2) is 31.2 Å². The first kappa shape index (κ1) is 15.0. The van der Waals surface area contributed by atoms with Crippen molar-refractivity contribution in [2.24, 2.45) is 0 Å². The number of nitrogens with zero attached hydrogens (tertiary/aromatic N) is 1. The standard InChI is InChI=1S/C15H17FN2O3/c1-4-20-13-6-9-12(7-11(13)16)18-8-10(14(9)17-3)15(19)21-5-2/h6-8H,4-5H2,1-3H3,(H,17,18). The largest absolute Gasteiger partial charge is 0.491 e. The minimum atomic E-state index is -0.484. The normalized spacial score (nSPS) is 10.5. The zero-order valence-corrected chi connectivity index (χ0v) is 12.2. The highest BCUT2D eigenvalue weighted by Gasteiger charge is 2.17. The van der Waals surface area contributed by atoms with Gasteiger partial charge in [0.1, 0.15) is 5.56 Å². The highest BCUT2D eigenvalue weighted by Crippen LogP contribution is 2.31. The van der Waals surface area contributed by atoms with E-state index in [9.17, 15) is 9.18 Å². The van der Waals surface area contributed by atoms with Crippen LogP contribution in [-0.2, 0) is 4.74 Å². The molecule has 0 radical (unpaired) electrons. The molecule has 0 saturated heterocycles. The molecular weight excluding hydrogens is 275 g/mol. The van der Waals surface area contributed by atoms with E-state index in [0.29, 0.717) is 28.8 Å². The van der Waals surface area contributed by atoms with Gasteiger partial charge in [0.2, 0.25) is 0 Å². The van der Waals surface area contributed by atoms with Crippen LogP contribution in [0, 0.1) is 5.82 Å². The second-order valence-corrected chi connectivity index (χ2v) is 4.25. The van der Waals surface area contributed by atoms with E-state index < -0.39 is 11.8 Å². The van der Waals surface area contributed by atoms with Gasteiger partial charge >= 0.3 is 5.97 Å². The van der Waals surface area contributed by atoms with Crippen LogP contribution in [0.25, 0.3) is 10.9 Å². The number of esters is 1. The van der Waals surface area contributed by atoms with Crippen molar-refractivity contribution < 1.29 is 18.7 Å². The van der Waals surface area contributed by atoms with Gasteiger partial charge in [0.25, 0.3) is 0 Å². The van der Waals surface area contributed by atoms with Crippen molar-refractivity contribution in [3.05, 3.63) is 29.7 Å². The average molecular weight is 292 g/mol. The summed E-state index contributed by atoms with van der Waals surface area (Å²) < 4.78 is 24.1. The maximum Gasteiger partial charge on any atom is 0.341 e. The number of halogens is 1. The van der Waals surface area contributed by atoms with Crippen molar-refractivity contribution in [1.82, 2.24) is 4.98 Å². The van der Waals surface area contributed by atoms with Gasteiger partial charge in [-0.2, -0.15) is 0 Å². The quantitative estimate of drug-likeness (QED) is 0.858. The van der Waals surface area contributed by atoms with Crippen LogP contribution < -0.4 is 10.1 Å². The number of hydrogen-bond donors (Lipinski definition) is 1. The fourth-order valence-electron chi connectivity index (χ4n) is 2.09. The first-order valence-corrected chi connectivity index (χ1v) is 6.72. The molecule has 1 aromatic heterocycles. The minimum Gasteiger partial charge on any atom is -0.491 e. The number of nitrogens with one attached hydrogen (secondary N) is 1. The van der Waals surface area contributed by atoms with Crippen LogP contribution in [0.15, 0.2) is 18.3 Å². The van der Waals surface area contributed by atoms with Crippen molar-refractivity contribution in [2.45, 2.75) is 13.8 Å². The van der Waals surface area contributed by atoms with Gasteiger partial charge in [-0.3, -0.25) is 4.98 Å². The lowest BCUT2D eigenvalue weighted by atomic mass is 10.1. The fraction of sp³-hybridized carbons (Fsp3) is 0.333. The van der Waals surface area contributed by atoms with E-state index in [1.54, 1.807) is 20.9 Å². The first-order valence-electron chi connectivity index (χ1n) is 6.72. The summed E-state index contributed by atoms with van der Waals surface area (Å²) in [5.41, 5.74) is 1.29. The van der Waals surface area contributed by atoms with Gasteiger partial charge in [0.15, 0.2) is 11.6 Å². The lowest BCUT2D eigenvalue weighted by Crippen LogP contribution is -2.09. The predicted molar refractivity (Wildman–Crippen MR) is 78.4 cm³/mol. The molecule has 0 spiro atoms. The van der Waals surface area contributed by atoms with E-state index in [2.05, 4.69) is 10.3 Å². The van der Waals surface area contributed by atoms with Crippen LogP contribution in [0.1, 0.15) is 24.2 Å². The highest BCUT2D eigenvalue weighted by atomic mass is 19.1. The Morgan fingerprint density at radius 3 is 2.71 bits per heavy atom. The van der Waals surface area contributed by atoms with Crippen LogP contribution in [0.3, 0.4) is 0 Å². The van der Waals surface area contributed by atoms with E-state index in [4.69, 9.17) is 9.47 Å². The zero-order chi connectivity index (χ0) is 15.4. The van der Waals surface area contributed by atoms with Gasteiger partial charge in [-0.1, -0.05) is 0 Å². The molecule has 1 aromatic carbocycles. The number of pyridine rings is 1. The molecule has 0 aliphatic heterocycles. The van der Waals surface area contributed by atoms with Crippen LogP contribution in [0.4, 0.5) is 10.1 Å². The van der Waals surface area contributed by atoms with Gasteiger partial charge < -0.3 is 14.8 Å². The number of anilines is 1. The molecule has 0 fully saturated rings. The summed E-state index contributed by atoms with van der Waals surface area (Å²) in [4.78, 5) is 16.1. The fourth-order valence-corrected chi connectivity index (χ4v) is 2.09. The lowest BCUT2D eigenvalue weighted by Gasteiger charge is -2.13. The number of carbonyl (C=O) groups excluding carboxylic acids is 1. The van der Waals surface area contributed by atoms with E-state index >= 15 is 0 Å². The third-order valence-electron chi connectivity index (χ3n) is 2.97. The van der Waals surface area contributed by atoms with Crippen LogP contribution >= 0.6 is 0 Å². The summed E-state index contributed by atoms with van der Waals surface area (Å²) in [6.07, 6.45) is 1.38. The smallest absolute Gasteiger partial charge is 0.341 e. The highest BCUT2D eigenvalue weighted by molar-refractivity contribution is 6.05. The third-order valence-corrected chi connectivity index (χ3v) is 2.97. The Kier molecular flexibility index (Phi) is 4.57. The zero-order valence-electron chi connectivity index (χ0n) is 12.2. The molecule has 2 rings (SSSR count). The molecule has 6 heteroatoms. The average Bonchev–Trinajstić information content (AvgIpc) is 2.47. The molecular formula is C15H17FN2O3. The Morgan fingerprint density at radius 2 is 2.10 bits per heavy atom. The molecule has 0 unspecified atom stereocenters. The topological polar surface area (TPSA) is 60.5 Å². The molecule has 0 bridgehead atoms. The Morgan fingerprint density at radius 1 is 1.33 bits per heavy atom. The van der Waals surface area contributed by atoms with Gasteiger partial charge in [0.05, 0.1) is 24.4 Å². The third kappa shape index (κ3) is 2.89. The second kappa shape index (κ2) is 6.39. The molecule has 21 heavy (non-hydrogen) atoms. The van der Waals surface area contributed by atoms with Crippen molar-refractivity contribution in [1.29, 1.82) is 0 Å². The van der Waals surface area contributed by atoms with Crippen LogP contribution in [0.5, 0.6) is 5.75 Å². The summed E-state index contributed by atoms with van der Waals surface area (Å²) in [5, 5.41) is 3.55. The SMILES string of the molecule is CCOC(=O)c1cnc2cc(F)c(OCC)cc2c1NC. The molecule has 0 amide bonds. The molecule has 0 saturated carbocycles. The molecule has 5 nitrogen and oxygen atoms in total. The monoisotopic (exact) mass is 292 g/mol. The molecule has 0 atom stereocenters. The Hall–Kier alpha value is -2.37. The van der Waals surface area contributed by atoms with Gasteiger partial charge in [-0.05, 0) is 19.9 Å². The minimum absolute atomic E-state index is 0.129. The summed E-state index contributed by atoms with van der Waals surface area (Å²) in [6.45, 7) is 4.12. The van der Waals surface area contributed by atoms with E-state index in [1.807, 2.05) is 0 Å². The number of rotatable bonds is 5. The van der Waals surface area contributed by atoms with Crippen LogP contribution in [0.2, 0.25) is 0 Å². The Balaban J connectivity index is 2.64. The van der Waals surface area contributed by atoms with E-state index in [1.165, 1.54) is 18.3 Å². The molecule has 1 N–H and O–H groups in total. The van der Waals surface area contributed by atoms with Gasteiger partial charge in [0, 0.05) is 24.7 Å². The molecule has 2 aromatic rings. The van der Waals surface area contributed by atoms with Crippen molar-refractivity contribution in [3.63, 3.8) is 0 Å². The van der Waals surface area contributed by atoms with Gasteiger partial charge in [-0.25, -0.2) is 9.18 Å². The summed E-state index contributed by atoms with van der Waals surface area (Å²) in [7, 11) is 1.68. The summed E-state index contributed by atoms with van der Waals surface area (Å²) in [5.74, 6) is -0.828. The van der Waals surface area contributed by atoms with E-state index in [0.717, 1.165) is 0 Å². The molecule has 0 aliphatic rings. The second-order valence-electron chi connectivity index (χ2n) is 4.25. The number of fused-ring (bicyclic) bond motifs is 1.